The molecule has 2 bridgehead atoms. The van der Waals surface area contributed by atoms with Gasteiger partial charge in [-0.2, -0.15) is 0 Å². The predicted octanol–water partition coefficient (Wildman–Crippen LogP) is 2.27. The van der Waals surface area contributed by atoms with Gasteiger partial charge in [0.1, 0.15) is 11.9 Å². The number of piperidine rings is 3. The van der Waals surface area contributed by atoms with E-state index in [1.165, 1.54) is 12.1 Å². The number of phenols is 1. The van der Waals surface area contributed by atoms with Gasteiger partial charge in [-0.3, -0.25) is 4.90 Å². The van der Waals surface area contributed by atoms with Crippen molar-refractivity contribution in [2.75, 3.05) is 19.6 Å². The highest BCUT2D eigenvalue weighted by atomic mass is 16.6. The number of hydrogen-bond acceptors (Lipinski definition) is 5. The molecule has 0 amide bonds. The first-order valence-corrected chi connectivity index (χ1v) is 9.08. The maximum Gasteiger partial charge on any atom is 0.348 e. The summed E-state index contributed by atoms with van der Waals surface area (Å²) in [6.07, 6.45) is 1.85. The van der Waals surface area contributed by atoms with Crippen molar-refractivity contribution >= 4 is 5.97 Å². The van der Waals surface area contributed by atoms with Crippen molar-refractivity contribution in [1.29, 1.82) is 0 Å². The second-order valence-electron chi connectivity index (χ2n) is 7.21. The van der Waals surface area contributed by atoms with Crippen LogP contribution in [-0.2, 0) is 15.1 Å². The number of carbonyl (C=O) groups excluding carboxylic acids is 1. The molecule has 26 heavy (non-hydrogen) atoms. The van der Waals surface area contributed by atoms with Crippen LogP contribution in [-0.4, -0.2) is 46.8 Å². The molecule has 5 rings (SSSR count). The Morgan fingerprint density at radius 3 is 2.35 bits per heavy atom. The van der Waals surface area contributed by atoms with Gasteiger partial charge in [0.25, 0.3) is 0 Å². The molecule has 3 saturated heterocycles. The monoisotopic (exact) mass is 353 g/mol. The summed E-state index contributed by atoms with van der Waals surface area (Å²) in [4.78, 5) is 15.4. The number of ether oxygens (including phenoxy) is 1. The molecule has 0 radical (unpaired) electrons. The molecular weight excluding hydrogens is 330 g/mol. The molecule has 0 aromatic heterocycles. The summed E-state index contributed by atoms with van der Waals surface area (Å²) in [5, 5.41) is 21.3. The molecule has 0 spiro atoms. The zero-order valence-corrected chi connectivity index (χ0v) is 14.5. The van der Waals surface area contributed by atoms with Crippen molar-refractivity contribution in [3.63, 3.8) is 0 Å². The Bertz CT molecular complexity index is 786. The van der Waals surface area contributed by atoms with Crippen molar-refractivity contribution in [1.82, 2.24) is 4.90 Å². The van der Waals surface area contributed by atoms with E-state index >= 15 is 0 Å². The van der Waals surface area contributed by atoms with Gasteiger partial charge in [-0.1, -0.05) is 42.5 Å². The van der Waals surface area contributed by atoms with E-state index in [9.17, 15) is 15.0 Å². The number of fused-ring (bicyclic) bond motifs is 3. The average molecular weight is 353 g/mol. The van der Waals surface area contributed by atoms with E-state index in [0.717, 1.165) is 32.5 Å². The number of hydrogen-bond donors (Lipinski definition) is 2. The van der Waals surface area contributed by atoms with Crippen molar-refractivity contribution in [3.05, 3.63) is 65.7 Å². The summed E-state index contributed by atoms with van der Waals surface area (Å²) in [5.74, 6) is -0.339. The van der Waals surface area contributed by atoms with E-state index in [-0.39, 0.29) is 11.9 Å². The van der Waals surface area contributed by atoms with Gasteiger partial charge >= 0.3 is 5.97 Å². The molecule has 3 aliphatic rings. The number of rotatable bonds is 4. The molecule has 2 unspecified atom stereocenters. The lowest BCUT2D eigenvalue weighted by Crippen LogP contribution is -2.53. The van der Waals surface area contributed by atoms with Gasteiger partial charge < -0.3 is 14.9 Å². The van der Waals surface area contributed by atoms with E-state index in [0.29, 0.717) is 17.0 Å². The Morgan fingerprint density at radius 2 is 1.73 bits per heavy atom. The van der Waals surface area contributed by atoms with Gasteiger partial charge in [0.05, 0.1) is 0 Å². The Kier molecular flexibility index (Phi) is 4.42. The molecule has 2 aromatic rings. The van der Waals surface area contributed by atoms with Gasteiger partial charge in [0.2, 0.25) is 5.60 Å². The topological polar surface area (TPSA) is 70.0 Å². The normalized spacial score (nSPS) is 26.9. The fraction of sp³-hybridized carbons (Fsp3) is 0.381. The number of phenolic OH excluding ortho intramolecular Hbond substituents is 1. The van der Waals surface area contributed by atoms with E-state index in [4.69, 9.17) is 4.74 Å². The zero-order valence-electron chi connectivity index (χ0n) is 14.5. The van der Waals surface area contributed by atoms with Gasteiger partial charge in [0, 0.05) is 12.1 Å². The molecule has 0 aliphatic carbocycles. The van der Waals surface area contributed by atoms with Crippen LogP contribution in [0.15, 0.2) is 54.6 Å². The van der Waals surface area contributed by atoms with Crippen molar-refractivity contribution in [2.24, 2.45) is 5.92 Å². The third kappa shape index (κ3) is 2.97. The van der Waals surface area contributed by atoms with Crippen LogP contribution < -0.4 is 0 Å². The van der Waals surface area contributed by atoms with Crippen molar-refractivity contribution in [2.45, 2.75) is 24.5 Å². The molecule has 3 heterocycles. The smallest absolute Gasteiger partial charge is 0.348 e. The Balaban J connectivity index is 1.68. The van der Waals surface area contributed by atoms with E-state index in [2.05, 4.69) is 4.90 Å². The first-order chi connectivity index (χ1) is 12.6. The summed E-state index contributed by atoms with van der Waals surface area (Å²) in [6.45, 7) is 2.82. The van der Waals surface area contributed by atoms with Crippen LogP contribution in [0.3, 0.4) is 0 Å². The predicted molar refractivity (Wildman–Crippen MR) is 96.6 cm³/mol. The van der Waals surface area contributed by atoms with Crippen LogP contribution in [0.25, 0.3) is 0 Å². The number of carbonyl (C=O) groups is 1. The SMILES string of the molecule is O=C(OC1CN2CCC1CC2)C(O)(c1ccccc1)c1cccc(O)c1. The van der Waals surface area contributed by atoms with Gasteiger partial charge in [-0.05, 0) is 49.5 Å². The second-order valence-corrected chi connectivity index (χ2v) is 7.21. The molecular formula is C21H23NO4. The third-order valence-corrected chi connectivity index (χ3v) is 5.61. The van der Waals surface area contributed by atoms with Crippen LogP contribution >= 0.6 is 0 Å². The molecule has 0 saturated carbocycles. The second kappa shape index (κ2) is 6.74. The fourth-order valence-corrected chi connectivity index (χ4v) is 4.08. The van der Waals surface area contributed by atoms with Gasteiger partial charge in [0.15, 0.2) is 0 Å². The minimum Gasteiger partial charge on any atom is -0.508 e. The van der Waals surface area contributed by atoms with Crippen LogP contribution in [0.5, 0.6) is 5.75 Å². The van der Waals surface area contributed by atoms with Crippen LogP contribution in [0.2, 0.25) is 0 Å². The number of nitrogens with zero attached hydrogens (tertiary/aromatic N) is 1. The molecule has 3 aliphatic heterocycles. The molecule has 2 aromatic carbocycles. The highest BCUT2D eigenvalue weighted by Crippen LogP contribution is 2.36. The van der Waals surface area contributed by atoms with Crippen molar-refractivity contribution < 1.29 is 19.7 Å². The number of aliphatic hydroxyl groups is 1. The van der Waals surface area contributed by atoms with Crippen LogP contribution in [0.1, 0.15) is 24.0 Å². The van der Waals surface area contributed by atoms with Gasteiger partial charge in [-0.25, -0.2) is 4.79 Å². The summed E-state index contributed by atoms with van der Waals surface area (Å²) < 4.78 is 5.83. The fourth-order valence-electron chi connectivity index (χ4n) is 4.08. The summed E-state index contributed by atoms with van der Waals surface area (Å²) >= 11 is 0. The molecule has 2 atom stereocenters. The summed E-state index contributed by atoms with van der Waals surface area (Å²) in [6, 6.07) is 14.9. The summed E-state index contributed by atoms with van der Waals surface area (Å²) in [7, 11) is 0. The van der Waals surface area contributed by atoms with Gasteiger partial charge in [-0.15, -0.1) is 0 Å². The quantitative estimate of drug-likeness (QED) is 0.825. The maximum atomic E-state index is 13.1. The molecule has 5 nitrogen and oxygen atoms in total. The largest absolute Gasteiger partial charge is 0.508 e. The van der Waals surface area contributed by atoms with E-state index in [1.54, 1.807) is 36.4 Å². The molecule has 5 heteroatoms. The highest BCUT2D eigenvalue weighted by Gasteiger charge is 2.45. The summed E-state index contributed by atoms with van der Waals surface area (Å²) in [5.41, 5.74) is -1.22. The standard InChI is InChI=1S/C21H23NO4/c23-18-8-4-7-17(13-18)21(25,16-5-2-1-3-6-16)20(24)26-19-14-22-11-9-15(19)10-12-22/h1-8,13,15,19,23,25H,9-12,14H2. The van der Waals surface area contributed by atoms with Crippen molar-refractivity contribution in [3.8, 4) is 5.75 Å². The molecule has 136 valence electrons. The average Bonchev–Trinajstić information content (AvgIpc) is 2.69. The zero-order chi connectivity index (χ0) is 18.1. The lowest BCUT2D eigenvalue weighted by atomic mass is 9.84. The number of benzene rings is 2. The first-order valence-electron chi connectivity index (χ1n) is 9.08. The maximum absolute atomic E-state index is 13.1. The lowest BCUT2D eigenvalue weighted by Gasteiger charge is -2.44. The minimum absolute atomic E-state index is 0.00695. The Hall–Kier alpha value is -2.37. The number of esters is 1. The minimum atomic E-state index is -1.95. The van der Waals surface area contributed by atoms with Crippen LogP contribution in [0.4, 0.5) is 0 Å². The Morgan fingerprint density at radius 1 is 1.04 bits per heavy atom. The lowest BCUT2D eigenvalue weighted by molar-refractivity contribution is -0.177. The molecule has 2 N–H and O–H groups in total. The van der Waals surface area contributed by atoms with E-state index in [1.807, 2.05) is 6.07 Å². The van der Waals surface area contributed by atoms with E-state index < -0.39 is 11.6 Å². The highest BCUT2D eigenvalue weighted by molar-refractivity contribution is 5.85. The third-order valence-electron chi connectivity index (χ3n) is 5.61. The molecule has 3 fully saturated rings. The number of aromatic hydroxyl groups is 1. The first kappa shape index (κ1) is 17.1. The van der Waals surface area contributed by atoms with Crippen LogP contribution in [0, 0.1) is 5.92 Å². The Labute approximate surface area is 152 Å².